The van der Waals surface area contributed by atoms with E-state index in [1.807, 2.05) is 11.4 Å². The first-order chi connectivity index (χ1) is 9.91. The second kappa shape index (κ2) is 6.46. The van der Waals surface area contributed by atoms with Gasteiger partial charge in [0.25, 0.3) is 0 Å². The van der Waals surface area contributed by atoms with Gasteiger partial charge in [0.05, 0.1) is 16.3 Å². The minimum absolute atomic E-state index is 0.203. The van der Waals surface area contributed by atoms with Crippen molar-refractivity contribution in [2.24, 2.45) is 0 Å². The van der Waals surface area contributed by atoms with Crippen molar-refractivity contribution < 1.29 is 8.42 Å². The molecular weight excluding hydrogens is 306 g/mol. The van der Waals surface area contributed by atoms with E-state index in [1.54, 1.807) is 23.5 Å². The van der Waals surface area contributed by atoms with Gasteiger partial charge in [-0.05, 0) is 36.1 Å². The Morgan fingerprint density at radius 3 is 2.62 bits per heavy atom. The molecule has 5 nitrogen and oxygen atoms in total. The van der Waals surface area contributed by atoms with Crippen molar-refractivity contribution in [1.82, 2.24) is 4.31 Å². The highest BCUT2D eigenvalue weighted by molar-refractivity contribution is 7.89. The molecule has 0 unspecified atom stereocenters. The standard InChI is InChI=1S/C14H19N3O2S2/c1-17(2)21(18,19)12-5-6-14(13(15)10-12)16-8-7-11-4-3-9-20-11/h3-6,9-10,16H,7-8,15H2,1-2H3. The van der Waals surface area contributed by atoms with E-state index in [0.29, 0.717) is 5.69 Å². The number of anilines is 2. The fourth-order valence-corrected chi connectivity index (χ4v) is 3.49. The molecule has 0 amide bonds. The van der Waals surface area contributed by atoms with Crippen molar-refractivity contribution in [2.75, 3.05) is 31.7 Å². The number of rotatable bonds is 6. The number of hydrogen-bond donors (Lipinski definition) is 2. The fourth-order valence-electron chi connectivity index (χ4n) is 1.85. The minimum atomic E-state index is -3.44. The molecule has 114 valence electrons. The van der Waals surface area contributed by atoms with Gasteiger partial charge in [-0.15, -0.1) is 11.3 Å². The van der Waals surface area contributed by atoms with Gasteiger partial charge in [0, 0.05) is 25.5 Å². The van der Waals surface area contributed by atoms with Crippen LogP contribution in [0, 0.1) is 0 Å². The molecule has 0 saturated carbocycles. The third-order valence-electron chi connectivity index (χ3n) is 3.07. The molecule has 7 heteroatoms. The summed E-state index contributed by atoms with van der Waals surface area (Å²) in [6.45, 7) is 0.754. The molecule has 0 atom stereocenters. The second-order valence-electron chi connectivity index (χ2n) is 4.79. The molecule has 1 aromatic carbocycles. The number of nitrogens with zero attached hydrogens (tertiary/aromatic N) is 1. The first-order valence-corrected chi connectivity index (χ1v) is 8.81. The number of nitrogens with two attached hydrogens (primary N) is 1. The lowest BCUT2D eigenvalue weighted by Crippen LogP contribution is -2.22. The maximum atomic E-state index is 12.0. The lowest BCUT2D eigenvalue weighted by atomic mass is 10.2. The van der Waals surface area contributed by atoms with Gasteiger partial charge in [-0.3, -0.25) is 0 Å². The Bertz CT molecular complexity index is 695. The smallest absolute Gasteiger partial charge is 0.242 e. The number of sulfonamides is 1. The van der Waals surface area contributed by atoms with Gasteiger partial charge in [-0.1, -0.05) is 6.07 Å². The molecule has 0 aliphatic rings. The van der Waals surface area contributed by atoms with Crippen LogP contribution in [0.15, 0.2) is 40.6 Å². The van der Waals surface area contributed by atoms with E-state index in [4.69, 9.17) is 5.73 Å². The topological polar surface area (TPSA) is 75.4 Å². The molecular formula is C14H19N3O2S2. The molecule has 0 radical (unpaired) electrons. The first-order valence-electron chi connectivity index (χ1n) is 6.49. The molecule has 0 aliphatic heterocycles. The Morgan fingerprint density at radius 1 is 1.29 bits per heavy atom. The Morgan fingerprint density at radius 2 is 2.05 bits per heavy atom. The Kier molecular flexibility index (Phi) is 4.87. The number of nitrogen functional groups attached to an aromatic ring is 1. The summed E-state index contributed by atoms with van der Waals surface area (Å²) in [6.07, 6.45) is 0.912. The van der Waals surface area contributed by atoms with Gasteiger partial charge in [0.1, 0.15) is 0 Å². The van der Waals surface area contributed by atoms with Crippen molar-refractivity contribution in [3.63, 3.8) is 0 Å². The SMILES string of the molecule is CN(C)S(=O)(=O)c1ccc(NCCc2cccs2)c(N)c1. The van der Waals surface area contributed by atoms with Crippen LogP contribution in [0.25, 0.3) is 0 Å². The third-order valence-corrected chi connectivity index (χ3v) is 5.82. The molecule has 0 aliphatic carbocycles. The van der Waals surface area contributed by atoms with E-state index in [9.17, 15) is 8.42 Å². The monoisotopic (exact) mass is 325 g/mol. The molecule has 21 heavy (non-hydrogen) atoms. The molecule has 2 aromatic rings. The molecule has 0 bridgehead atoms. The van der Waals surface area contributed by atoms with Crippen LogP contribution in [-0.4, -0.2) is 33.4 Å². The molecule has 2 rings (SSSR count). The van der Waals surface area contributed by atoms with Crippen LogP contribution >= 0.6 is 11.3 Å². The number of thiophene rings is 1. The van der Waals surface area contributed by atoms with E-state index in [2.05, 4.69) is 11.4 Å². The van der Waals surface area contributed by atoms with Gasteiger partial charge < -0.3 is 11.1 Å². The first kappa shape index (κ1) is 15.8. The van der Waals surface area contributed by atoms with Crippen LogP contribution in [0.2, 0.25) is 0 Å². The second-order valence-corrected chi connectivity index (χ2v) is 7.98. The van der Waals surface area contributed by atoms with Crippen LogP contribution in [-0.2, 0) is 16.4 Å². The van der Waals surface area contributed by atoms with E-state index in [-0.39, 0.29) is 4.90 Å². The zero-order valence-corrected chi connectivity index (χ0v) is 13.7. The Balaban J connectivity index is 2.06. The highest BCUT2D eigenvalue weighted by Crippen LogP contribution is 2.24. The van der Waals surface area contributed by atoms with Crippen LogP contribution in [0.5, 0.6) is 0 Å². The van der Waals surface area contributed by atoms with Gasteiger partial charge >= 0.3 is 0 Å². The maximum absolute atomic E-state index is 12.0. The Labute approximate surface area is 129 Å². The molecule has 1 heterocycles. The van der Waals surface area contributed by atoms with E-state index in [1.165, 1.54) is 29.3 Å². The zero-order valence-electron chi connectivity index (χ0n) is 12.0. The van der Waals surface area contributed by atoms with Gasteiger partial charge in [0.15, 0.2) is 0 Å². The van der Waals surface area contributed by atoms with Crippen molar-refractivity contribution in [3.8, 4) is 0 Å². The highest BCUT2D eigenvalue weighted by atomic mass is 32.2. The molecule has 3 N–H and O–H groups in total. The quantitative estimate of drug-likeness (QED) is 0.799. The zero-order chi connectivity index (χ0) is 15.5. The van der Waals surface area contributed by atoms with E-state index < -0.39 is 10.0 Å². The summed E-state index contributed by atoms with van der Waals surface area (Å²) in [4.78, 5) is 1.50. The number of hydrogen-bond acceptors (Lipinski definition) is 5. The molecule has 1 aromatic heterocycles. The van der Waals surface area contributed by atoms with Gasteiger partial charge in [-0.25, -0.2) is 12.7 Å². The van der Waals surface area contributed by atoms with Gasteiger partial charge in [-0.2, -0.15) is 0 Å². The summed E-state index contributed by atoms with van der Waals surface area (Å²) in [5, 5.41) is 5.28. The van der Waals surface area contributed by atoms with Crippen LogP contribution in [0.3, 0.4) is 0 Å². The van der Waals surface area contributed by atoms with Crippen LogP contribution < -0.4 is 11.1 Å². The minimum Gasteiger partial charge on any atom is -0.397 e. The van der Waals surface area contributed by atoms with Crippen molar-refractivity contribution in [3.05, 3.63) is 40.6 Å². The Hall–Kier alpha value is -1.57. The molecule has 0 saturated heterocycles. The number of nitrogens with one attached hydrogen (secondary N) is 1. The summed E-state index contributed by atoms with van der Waals surface area (Å²) in [5.41, 5.74) is 7.12. The fraction of sp³-hybridized carbons (Fsp3) is 0.286. The number of benzene rings is 1. The predicted octanol–water partition coefficient (Wildman–Crippen LogP) is 2.24. The summed E-state index contributed by atoms with van der Waals surface area (Å²) in [7, 11) is -0.447. The van der Waals surface area contributed by atoms with Crippen molar-refractivity contribution >= 4 is 32.7 Å². The summed E-state index contributed by atoms with van der Waals surface area (Å²) in [5.74, 6) is 0. The average Bonchev–Trinajstić information content (AvgIpc) is 2.93. The maximum Gasteiger partial charge on any atom is 0.242 e. The summed E-state index contributed by atoms with van der Waals surface area (Å²) in [6, 6.07) is 8.87. The highest BCUT2D eigenvalue weighted by Gasteiger charge is 2.17. The average molecular weight is 325 g/mol. The lowest BCUT2D eigenvalue weighted by Gasteiger charge is -2.14. The van der Waals surface area contributed by atoms with Crippen molar-refractivity contribution in [2.45, 2.75) is 11.3 Å². The van der Waals surface area contributed by atoms with Crippen molar-refractivity contribution in [1.29, 1.82) is 0 Å². The third kappa shape index (κ3) is 3.75. The van der Waals surface area contributed by atoms with Gasteiger partial charge in [0.2, 0.25) is 10.0 Å². The summed E-state index contributed by atoms with van der Waals surface area (Å²) < 4.78 is 25.2. The van der Waals surface area contributed by atoms with Crippen LogP contribution in [0.1, 0.15) is 4.88 Å². The normalized spacial score (nSPS) is 11.8. The predicted molar refractivity (Wildman–Crippen MR) is 88.2 cm³/mol. The largest absolute Gasteiger partial charge is 0.397 e. The summed E-state index contributed by atoms with van der Waals surface area (Å²) >= 11 is 1.72. The molecule has 0 spiro atoms. The molecule has 0 fully saturated rings. The van der Waals surface area contributed by atoms with Crippen LogP contribution in [0.4, 0.5) is 11.4 Å². The van der Waals surface area contributed by atoms with E-state index in [0.717, 1.165) is 18.7 Å². The lowest BCUT2D eigenvalue weighted by molar-refractivity contribution is 0.521. The van der Waals surface area contributed by atoms with E-state index >= 15 is 0 Å².